The summed E-state index contributed by atoms with van der Waals surface area (Å²) in [5.74, 6) is 0. The van der Waals surface area contributed by atoms with Crippen molar-refractivity contribution in [3.8, 4) is 0 Å². The quantitative estimate of drug-likeness (QED) is 0.787. The lowest BCUT2D eigenvalue weighted by molar-refractivity contribution is 0.216. The first kappa shape index (κ1) is 9.12. The molecule has 15 heavy (non-hydrogen) atoms. The van der Waals surface area contributed by atoms with E-state index in [-0.39, 0.29) is 12.1 Å². The SMILES string of the molecule is OCC1(n2ccc3c(Cl)ncnc32)CC1. The predicted octanol–water partition coefficient (Wildman–Crippen LogP) is 1.57. The van der Waals surface area contributed by atoms with Crippen molar-refractivity contribution >= 4 is 22.6 Å². The molecular formula is C10H10ClN3O. The van der Waals surface area contributed by atoms with Crippen molar-refractivity contribution in [2.75, 3.05) is 6.61 Å². The van der Waals surface area contributed by atoms with E-state index < -0.39 is 0 Å². The van der Waals surface area contributed by atoms with Crippen LogP contribution in [0.2, 0.25) is 5.15 Å². The second kappa shape index (κ2) is 2.93. The topological polar surface area (TPSA) is 50.9 Å². The number of fused-ring (bicyclic) bond motifs is 1. The highest BCUT2D eigenvalue weighted by molar-refractivity contribution is 6.33. The fourth-order valence-electron chi connectivity index (χ4n) is 1.92. The summed E-state index contributed by atoms with van der Waals surface area (Å²) in [6.45, 7) is 0.151. The molecule has 0 aromatic carbocycles. The van der Waals surface area contributed by atoms with E-state index in [2.05, 4.69) is 9.97 Å². The molecular weight excluding hydrogens is 214 g/mol. The van der Waals surface area contributed by atoms with Gasteiger partial charge in [-0.15, -0.1) is 0 Å². The van der Waals surface area contributed by atoms with Crippen LogP contribution in [0.5, 0.6) is 0 Å². The zero-order valence-electron chi connectivity index (χ0n) is 8.02. The maximum atomic E-state index is 9.36. The van der Waals surface area contributed by atoms with Crippen LogP contribution in [0.1, 0.15) is 12.8 Å². The van der Waals surface area contributed by atoms with E-state index in [1.165, 1.54) is 6.33 Å². The van der Waals surface area contributed by atoms with Crippen LogP contribution >= 0.6 is 11.6 Å². The third-order valence-corrected chi connectivity index (χ3v) is 3.37. The number of aromatic nitrogens is 3. The standard InChI is InChI=1S/C10H10ClN3O/c11-8-7-1-4-14(9(7)13-6-12-8)10(5-15)2-3-10/h1,4,6,15H,2-3,5H2. The molecule has 5 heteroatoms. The summed E-state index contributed by atoms with van der Waals surface area (Å²) in [6.07, 6.45) is 5.37. The van der Waals surface area contributed by atoms with E-state index in [4.69, 9.17) is 11.6 Å². The molecule has 0 bridgehead atoms. The highest BCUT2D eigenvalue weighted by Crippen LogP contribution is 2.44. The van der Waals surface area contributed by atoms with Crippen molar-refractivity contribution in [3.05, 3.63) is 23.7 Å². The zero-order chi connectivity index (χ0) is 10.5. The molecule has 1 N–H and O–H groups in total. The van der Waals surface area contributed by atoms with Crippen molar-refractivity contribution in [1.29, 1.82) is 0 Å². The molecule has 1 aliphatic rings. The Kier molecular flexibility index (Phi) is 1.78. The molecule has 0 unspecified atom stereocenters. The third-order valence-electron chi connectivity index (χ3n) is 3.07. The monoisotopic (exact) mass is 223 g/mol. The average Bonchev–Trinajstić information content (AvgIpc) is 2.92. The van der Waals surface area contributed by atoms with Crippen LogP contribution in [0.4, 0.5) is 0 Å². The van der Waals surface area contributed by atoms with Crippen LogP contribution < -0.4 is 0 Å². The lowest BCUT2D eigenvalue weighted by atomic mass is 10.3. The molecule has 2 aromatic rings. The molecule has 1 aliphatic carbocycles. The van der Waals surface area contributed by atoms with Gasteiger partial charge in [-0.25, -0.2) is 9.97 Å². The van der Waals surface area contributed by atoms with Gasteiger partial charge < -0.3 is 9.67 Å². The first-order chi connectivity index (χ1) is 7.27. The number of nitrogens with zero attached hydrogens (tertiary/aromatic N) is 3. The van der Waals surface area contributed by atoms with Crippen LogP contribution in [0, 0.1) is 0 Å². The van der Waals surface area contributed by atoms with Gasteiger partial charge in [0.25, 0.3) is 0 Å². The Morgan fingerprint density at radius 3 is 2.93 bits per heavy atom. The zero-order valence-corrected chi connectivity index (χ0v) is 8.78. The molecule has 3 rings (SSSR count). The van der Waals surface area contributed by atoms with Gasteiger partial charge in [0.05, 0.1) is 17.5 Å². The highest BCUT2D eigenvalue weighted by Gasteiger charge is 2.44. The summed E-state index contributed by atoms with van der Waals surface area (Å²) in [4.78, 5) is 8.14. The molecule has 2 heterocycles. The van der Waals surface area contributed by atoms with Crippen molar-refractivity contribution in [2.45, 2.75) is 18.4 Å². The molecule has 0 atom stereocenters. The summed E-state index contributed by atoms with van der Waals surface area (Å²) >= 11 is 5.96. The Balaban J connectivity index is 2.25. The van der Waals surface area contributed by atoms with Gasteiger partial charge in [-0.2, -0.15) is 0 Å². The van der Waals surface area contributed by atoms with E-state index in [9.17, 15) is 5.11 Å². The van der Waals surface area contributed by atoms with Gasteiger partial charge >= 0.3 is 0 Å². The highest BCUT2D eigenvalue weighted by atomic mass is 35.5. The Morgan fingerprint density at radius 1 is 1.47 bits per heavy atom. The first-order valence-corrected chi connectivity index (χ1v) is 5.23. The van der Waals surface area contributed by atoms with Gasteiger partial charge in [0.15, 0.2) is 0 Å². The smallest absolute Gasteiger partial charge is 0.145 e. The number of aliphatic hydroxyl groups is 1. The van der Waals surface area contributed by atoms with Crippen molar-refractivity contribution in [2.24, 2.45) is 0 Å². The van der Waals surface area contributed by atoms with Crippen molar-refractivity contribution in [1.82, 2.24) is 14.5 Å². The van der Waals surface area contributed by atoms with E-state index in [0.29, 0.717) is 5.15 Å². The molecule has 0 spiro atoms. The molecule has 2 aromatic heterocycles. The molecule has 0 radical (unpaired) electrons. The molecule has 1 saturated carbocycles. The summed E-state index contributed by atoms with van der Waals surface area (Å²) in [5.41, 5.74) is 0.668. The molecule has 0 amide bonds. The van der Waals surface area contributed by atoms with E-state index >= 15 is 0 Å². The molecule has 4 nitrogen and oxygen atoms in total. The fraction of sp³-hybridized carbons (Fsp3) is 0.400. The van der Waals surface area contributed by atoms with E-state index in [1.54, 1.807) is 0 Å². The summed E-state index contributed by atoms with van der Waals surface area (Å²) in [5, 5.41) is 10.7. The maximum absolute atomic E-state index is 9.36. The van der Waals surface area contributed by atoms with Gasteiger partial charge in [-0.05, 0) is 18.9 Å². The molecule has 0 aliphatic heterocycles. The Bertz CT molecular complexity index is 518. The van der Waals surface area contributed by atoms with Gasteiger partial charge in [-0.3, -0.25) is 0 Å². The second-order valence-corrected chi connectivity index (χ2v) is 4.33. The Labute approximate surface area is 91.5 Å². The van der Waals surface area contributed by atoms with Gasteiger partial charge in [-0.1, -0.05) is 11.6 Å². The normalized spacial score (nSPS) is 18.3. The number of rotatable bonds is 2. The summed E-state index contributed by atoms with van der Waals surface area (Å²) in [7, 11) is 0. The second-order valence-electron chi connectivity index (χ2n) is 3.97. The number of hydrogen-bond acceptors (Lipinski definition) is 3. The first-order valence-electron chi connectivity index (χ1n) is 4.86. The predicted molar refractivity (Wildman–Crippen MR) is 56.8 cm³/mol. The average molecular weight is 224 g/mol. The Morgan fingerprint density at radius 2 is 2.27 bits per heavy atom. The van der Waals surface area contributed by atoms with E-state index in [1.807, 2.05) is 16.8 Å². The fourth-order valence-corrected chi connectivity index (χ4v) is 2.11. The lowest BCUT2D eigenvalue weighted by Crippen LogP contribution is -2.20. The maximum Gasteiger partial charge on any atom is 0.145 e. The molecule has 1 fully saturated rings. The number of aliphatic hydroxyl groups excluding tert-OH is 1. The van der Waals surface area contributed by atoms with Crippen LogP contribution in [0.25, 0.3) is 11.0 Å². The molecule has 78 valence electrons. The largest absolute Gasteiger partial charge is 0.394 e. The van der Waals surface area contributed by atoms with Gasteiger partial charge in [0.1, 0.15) is 17.1 Å². The van der Waals surface area contributed by atoms with Crippen molar-refractivity contribution in [3.63, 3.8) is 0 Å². The lowest BCUT2D eigenvalue weighted by Gasteiger charge is -2.14. The summed E-state index contributed by atoms with van der Waals surface area (Å²) < 4.78 is 2.01. The minimum atomic E-state index is -0.139. The number of halogens is 1. The Hall–Kier alpha value is -1.13. The van der Waals surface area contributed by atoms with Gasteiger partial charge in [0, 0.05) is 6.20 Å². The van der Waals surface area contributed by atoms with Crippen LogP contribution in [-0.2, 0) is 5.54 Å². The van der Waals surface area contributed by atoms with Crippen LogP contribution in [0.15, 0.2) is 18.6 Å². The minimum absolute atomic E-state index is 0.139. The van der Waals surface area contributed by atoms with Crippen LogP contribution in [0.3, 0.4) is 0 Å². The summed E-state index contributed by atoms with van der Waals surface area (Å²) in [6, 6.07) is 1.90. The van der Waals surface area contributed by atoms with Crippen LogP contribution in [-0.4, -0.2) is 26.2 Å². The number of hydrogen-bond donors (Lipinski definition) is 1. The van der Waals surface area contributed by atoms with E-state index in [0.717, 1.165) is 23.9 Å². The third kappa shape index (κ3) is 1.18. The van der Waals surface area contributed by atoms with Crippen molar-refractivity contribution < 1.29 is 5.11 Å². The molecule has 0 saturated heterocycles. The minimum Gasteiger partial charge on any atom is -0.394 e. The van der Waals surface area contributed by atoms with Gasteiger partial charge in [0.2, 0.25) is 0 Å².